The van der Waals surface area contributed by atoms with Crippen molar-refractivity contribution in [2.45, 2.75) is 45.3 Å². The fourth-order valence-electron chi connectivity index (χ4n) is 1.99. The summed E-state index contributed by atoms with van der Waals surface area (Å²) >= 11 is 0. The van der Waals surface area contributed by atoms with Gasteiger partial charge in [0.05, 0.1) is 12.7 Å². The van der Waals surface area contributed by atoms with Gasteiger partial charge in [-0.1, -0.05) is 6.92 Å². The van der Waals surface area contributed by atoms with Crippen LogP contribution in [0.3, 0.4) is 0 Å². The van der Waals surface area contributed by atoms with Crippen LogP contribution in [0.2, 0.25) is 0 Å². The lowest BCUT2D eigenvalue weighted by atomic mass is 10.1. The van der Waals surface area contributed by atoms with Gasteiger partial charge in [-0.25, -0.2) is 0 Å². The summed E-state index contributed by atoms with van der Waals surface area (Å²) in [5.41, 5.74) is 0. The lowest BCUT2D eigenvalue weighted by Gasteiger charge is -2.23. The van der Waals surface area contributed by atoms with Crippen molar-refractivity contribution in [3.05, 3.63) is 0 Å². The Morgan fingerprint density at radius 3 is 2.72 bits per heavy atom. The van der Waals surface area contributed by atoms with Crippen LogP contribution in [0.4, 0.5) is 0 Å². The third-order valence-corrected chi connectivity index (χ3v) is 2.95. The molecule has 0 amide bonds. The smallest absolute Gasteiger partial charge is 0.323 e. The number of likely N-dealkylation sites (N-methyl/N-ethyl adjacent to an activating group) is 1. The van der Waals surface area contributed by atoms with Crippen LogP contribution in [0.25, 0.3) is 0 Å². The van der Waals surface area contributed by atoms with Crippen LogP contribution >= 0.6 is 0 Å². The van der Waals surface area contributed by atoms with E-state index in [1.54, 1.807) is 0 Å². The first-order valence-electron chi connectivity index (χ1n) is 6.87. The Kier molecular flexibility index (Phi) is 7.96. The lowest BCUT2D eigenvalue weighted by Crippen LogP contribution is -2.39. The number of carbonyl (C=O) groups is 1. The van der Waals surface area contributed by atoms with Crippen molar-refractivity contribution in [3.8, 4) is 0 Å². The Hall–Kier alpha value is -0.650. The molecule has 1 aliphatic rings. The first-order chi connectivity index (χ1) is 8.77. The molecule has 1 N–H and O–H groups in total. The zero-order chi connectivity index (χ0) is 13.2. The molecule has 18 heavy (non-hydrogen) atoms. The number of rotatable bonds is 8. The van der Waals surface area contributed by atoms with Gasteiger partial charge in [0.2, 0.25) is 0 Å². The van der Waals surface area contributed by atoms with Gasteiger partial charge in [0.15, 0.2) is 0 Å². The number of nitrogens with one attached hydrogen (secondary N) is 1. The second-order valence-corrected chi connectivity index (χ2v) is 4.33. The minimum atomic E-state index is -0.255. The molecule has 1 rings (SSSR count). The molecule has 1 fully saturated rings. The van der Waals surface area contributed by atoms with Gasteiger partial charge in [-0.2, -0.15) is 0 Å². The summed E-state index contributed by atoms with van der Waals surface area (Å²) in [5, 5.41) is 3.13. The molecule has 106 valence electrons. The molecule has 0 aromatic carbocycles. The number of hydrogen-bond donors (Lipinski definition) is 1. The molecule has 0 aromatic rings. The van der Waals surface area contributed by atoms with Crippen molar-refractivity contribution < 1.29 is 19.0 Å². The highest BCUT2D eigenvalue weighted by molar-refractivity contribution is 5.75. The van der Waals surface area contributed by atoms with E-state index in [2.05, 4.69) is 5.32 Å². The minimum Gasteiger partial charge on any atom is -0.465 e. The maximum Gasteiger partial charge on any atom is 0.323 e. The average molecular weight is 259 g/mol. The van der Waals surface area contributed by atoms with Gasteiger partial charge in [0.25, 0.3) is 0 Å². The summed E-state index contributed by atoms with van der Waals surface area (Å²) in [7, 11) is 0. The van der Waals surface area contributed by atoms with E-state index in [-0.39, 0.29) is 18.1 Å². The van der Waals surface area contributed by atoms with Crippen molar-refractivity contribution in [3.63, 3.8) is 0 Å². The fourth-order valence-corrected chi connectivity index (χ4v) is 1.99. The zero-order valence-corrected chi connectivity index (χ0v) is 11.4. The van der Waals surface area contributed by atoms with Gasteiger partial charge in [0.1, 0.15) is 6.04 Å². The molecule has 1 saturated heterocycles. The van der Waals surface area contributed by atoms with Gasteiger partial charge >= 0.3 is 5.97 Å². The van der Waals surface area contributed by atoms with E-state index >= 15 is 0 Å². The molecule has 0 radical (unpaired) electrons. The summed E-state index contributed by atoms with van der Waals surface area (Å²) in [4.78, 5) is 11.7. The molecule has 0 bridgehead atoms. The molecule has 1 aliphatic heterocycles. The van der Waals surface area contributed by atoms with Crippen LogP contribution < -0.4 is 5.32 Å². The predicted molar refractivity (Wildman–Crippen MR) is 68.5 cm³/mol. The molecule has 0 aromatic heterocycles. The van der Waals surface area contributed by atoms with E-state index < -0.39 is 0 Å². The highest BCUT2D eigenvalue weighted by Gasteiger charge is 2.20. The topological polar surface area (TPSA) is 56.8 Å². The van der Waals surface area contributed by atoms with Crippen LogP contribution in [-0.4, -0.2) is 51.1 Å². The fraction of sp³-hybridized carbons (Fsp3) is 0.923. The quantitative estimate of drug-likeness (QED) is 0.662. The Bertz CT molecular complexity index is 229. The van der Waals surface area contributed by atoms with E-state index in [1.807, 2.05) is 13.8 Å². The van der Waals surface area contributed by atoms with Crippen LogP contribution in [0, 0.1) is 0 Å². The van der Waals surface area contributed by atoms with Crippen LogP contribution in [0.1, 0.15) is 33.1 Å². The van der Waals surface area contributed by atoms with Gasteiger partial charge in [-0.05, 0) is 32.7 Å². The van der Waals surface area contributed by atoms with Crippen LogP contribution in [-0.2, 0) is 19.0 Å². The standard InChI is InChI=1S/C13H25NO4/c1-3-14-12(13(15)17-4-2)7-10-18-11-5-8-16-9-6-11/h11-12,14H,3-10H2,1-2H3. The third-order valence-electron chi connectivity index (χ3n) is 2.95. The third kappa shape index (κ3) is 5.80. The summed E-state index contributed by atoms with van der Waals surface area (Å²) in [6.07, 6.45) is 2.84. The van der Waals surface area contributed by atoms with E-state index in [9.17, 15) is 4.79 Å². The van der Waals surface area contributed by atoms with Gasteiger partial charge in [-0.15, -0.1) is 0 Å². The summed E-state index contributed by atoms with van der Waals surface area (Å²) in [5.74, 6) is -0.185. The first kappa shape index (κ1) is 15.4. The van der Waals surface area contributed by atoms with E-state index in [4.69, 9.17) is 14.2 Å². The normalized spacial score (nSPS) is 18.6. The summed E-state index contributed by atoms with van der Waals surface area (Å²) in [6, 6.07) is -0.255. The Labute approximate surface area is 109 Å². The van der Waals surface area contributed by atoms with E-state index in [0.29, 0.717) is 19.6 Å². The minimum absolute atomic E-state index is 0.185. The predicted octanol–water partition coefficient (Wildman–Crippen LogP) is 1.11. The largest absolute Gasteiger partial charge is 0.465 e. The molecular formula is C13H25NO4. The molecule has 1 atom stereocenters. The Morgan fingerprint density at radius 2 is 2.11 bits per heavy atom. The number of esters is 1. The number of ether oxygens (including phenoxy) is 3. The van der Waals surface area contributed by atoms with E-state index in [1.165, 1.54) is 0 Å². The highest BCUT2D eigenvalue weighted by atomic mass is 16.5. The second-order valence-electron chi connectivity index (χ2n) is 4.33. The summed E-state index contributed by atoms with van der Waals surface area (Å²) in [6.45, 7) is 7.10. The monoisotopic (exact) mass is 259 g/mol. The molecule has 1 heterocycles. The van der Waals surface area contributed by atoms with Crippen molar-refractivity contribution in [1.29, 1.82) is 0 Å². The molecule has 0 saturated carbocycles. The molecule has 0 aliphatic carbocycles. The average Bonchev–Trinajstić information content (AvgIpc) is 2.39. The second kappa shape index (κ2) is 9.30. The molecular weight excluding hydrogens is 234 g/mol. The molecule has 5 heteroatoms. The lowest BCUT2D eigenvalue weighted by molar-refractivity contribution is -0.146. The zero-order valence-electron chi connectivity index (χ0n) is 11.4. The van der Waals surface area contributed by atoms with Crippen molar-refractivity contribution >= 4 is 5.97 Å². The number of carbonyl (C=O) groups excluding carboxylic acids is 1. The van der Waals surface area contributed by atoms with Crippen LogP contribution in [0.15, 0.2) is 0 Å². The summed E-state index contributed by atoms with van der Waals surface area (Å²) < 4.78 is 16.1. The Morgan fingerprint density at radius 1 is 1.39 bits per heavy atom. The first-order valence-corrected chi connectivity index (χ1v) is 6.87. The molecule has 5 nitrogen and oxygen atoms in total. The van der Waals surface area contributed by atoms with E-state index in [0.717, 1.165) is 32.6 Å². The maximum absolute atomic E-state index is 11.7. The van der Waals surface area contributed by atoms with Crippen molar-refractivity contribution in [1.82, 2.24) is 5.32 Å². The molecule has 1 unspecified atom stereocenters. The SMILES string of the molecule is CCNC(CCOC1CCOCC1)C(=O)OCC. The van der Waals surface area contributed by atoms with Gasteiger partial charge < -0.3 is 19.5 Å². The van der Waals surface area contributed by atoms with Crippen molar-refractivity contribution in [2.24, 2.45) is 0 Å². The number of hydrogen-bond acceptors (Lipinski definition) is 5. The Balaban J connectivity index is 2.21. The highest BCUT2D eigenvalue weighted by Crippen LogP contribution is 2.11. The molecule has 0 spiro atoms. The van der Waals surface area contributed by atoms with Crippen LogP contribution in [0.5, 0.6) is 0 Å². The maximum atomic E-state index is 11.7. The van der Waals surface area contributed by atoms with Crippen molar-refractivity contribution in [2.75, 3.05) is 33.0 Å². The van der Waals surface area contributed by atoms with Gasteiger partial charge in [-0.3, -0.25) is 4.79 Å². The van der Waals surface area contributed by atoms with Gasteiger partial charge in [0, 0.05) is 19.8 Å².